The summed E-state index contributed by atoms with van der Waals surface area (Å²) in [6.07, 6.45) is 2.69. The monoisotopic (exact) mass is 262 g/mol. The van der Waals surface area contributed by atoms with Gasteiger partial charge in [0.15, 0.2) is 0 Å². The number of hydrogen-bond acceptors (Lipinski definition) is 3. The third kappa shape index (κ3) is 4.22. The number of methoxy groups -OCH3 is 1. The predicted molar refractivity (Wildman–Crippen MR) is 79.5 cm³/mol. The van der Waals surface area contributed by atoms with Gasteiger partial charge in [0.25, 0.3) is 0 Å². The molecule has 0 bridgehead atoms. The molecule has 1 aromatic rings. The Labute approximate surface area is 116 Å². The number of nitrogens with zero attached hydrogens (tertiary/aromatic N) is 1. The van der Waals surface area contributed by atoms with Crippen LogP contribution in [0.3, 0.4) is 0 Å². The predicted octanol–water partition coefficient (Wildman–Crippen LogP) is 2.79. The second kappa shape index (κ2) is 6.92. The third-order valence-electron chi connectivity index (χ3n) is 3.65. The zero-order valence-corrected chi connectivity index (χ0v) is 12.4. The lowest BCUT2D eigenvalue weighted by atomic mass is 10.1. The normalized spacial score (nSPS) is 16.2. The van der Waals surface area contributed by atoms with E-state index in [1.165, 1.54) is 37.1 Å². The second-order valence-electron chi connectivity index (χ2n) is 5.67. The summed E-state index contributed by atoms with van der Waals surface area (Å²) in [6, 6.07) is 7.07. The lowest BCUT2D eigenvalue weighted by Crippen LogP contribution is -2.22. The molecule has 0 aliphatic carbocycles. The van der Waals surface area contributed by atoms with Gasteiger partial charge in [-0.3, -0.25) is 4.90 Å². The molecule has 0 aromatic heterocycles. The summed E-state index contributed by atoms with van der Waals surface area (Å²) in [5.74, 6) is 0.985. The summed E-state index contributed by atoms with van der Waals surface area (Å²) in [6.45, 7) is 8.76. The first-order chi connectivity index (χ1) is 9.19. The molecule has 3 nitrogen and oxygen atoms in total. The van der Waals surface area contributed by atoms with Crippen molar-refractivity contribution < 1.29 is 4.74 Å². The van der Waals surface area contributed by atoms with Crippen LogP contribution in [-0.4, -0.2) is 31.1 Å². The first-order valence-corrected chi connectivity index (χ1v) is 7.30. The maximum absolute atomic E-state index is 5.45. The fraction of sp³-hybridized carbons (Fsp3) is 0.625. The minimum Gasteiger partial charge on any atom is -0.496 e. The summed E-state index contributed by atoms with van der Waals surface area (Å²) in [7, 11) is 1.74. The minimum absolute atomic E-state index is 0.493. The van der Waals surface area contributed by atoms with Gasteiger partial charge in [0.1, 0.15) is 5.75 Å². The number of ether oxygens (including phenoxy) is 1. The molecule has 19 heavy (non-hydrogen) atoms. The minimum atomic E-state index is 0.493. The van der Waals surface area contributed by atoms with Crippen molar-refractivity contribution in [1.29, 1.82) is 0 Å². The highest BCUT2D eigenvalue weighted by molar-refractivity contribution is 5.37. The number of hydrogen-bond donors (Lipinski definition) is 1. The van der Waals surface area contributed by atoms with Crippen LogP contribution in [-0.2, 0) is 13.1 Å². The van der Waals surface area contributed by atoms with E-state index in [1.807, 2.05) is 0 Å². The second-order valence-corrected chi connectivity index (χ2v) is 5.67. The van der Waals surface area contributed by atoms with Crippen molar-refractivity contribution in [2.45, 2.75) is 45.8 Å². The Morgan fingerprint density at radius 2 is 2.00 bits per heavy atom. The van der Waals surface area contributed by atoms with Crippen LogP contribution in [0.1, 0.15) is 37.8 Å². The SMILES string of the molecule is COc1ccc(CN2CCCC2)cc1CNC(C)C. The zero-order valence-electron chi connectivity index (χ0n) is 12.4. The topological polar surface area (TPSA) is 24.5 Å². The molecule has 0 radical (unpaired) electrons. The van der Waals surface area contributed by atoms with E-state index in [0.29, 0.717) is 6.04 Å². The van der Waals surface area contributed by atoms with E-state index in [4.69, 9.17) is 4.74 Å². The standard InChI is InChI=1S/C16H26N2O/c1-13(2)17-11-15-10-14(6-7-16(15)19-3)12-18-8-4-5-9-18/h6-7,10,13,17H,4-5,8-9,11-12H2,1-3H3. The Bertz CT molecular complexity index is 398. The van der Waals surface area contributed by atoms with Gasteiger partial charge in [-0.2, -0.15) is 0 Å². The molecule has 1 aromatic carbocycles. The van der Waals surface area contributed by atoms with Crippen LogP contribution in [0.25, 0.3) is 0 Å². The van der Waals surface area contributed by atoms with Crippen molar-refractivity contribution in [3.8, 4) is 5.75 Å². The molecule has 0 spiro atoms. The van der Waals surface area contributed by atoms with Crippen LogP contribution in [0.5, 0.6) is 5.75 Å². The number of rotatable bonds is 6. The highest BCUT2D eigenvalue weighted by Crippen LogP contribution is 2.22. The largest absolute Gasteiger partial charge is 0.496 e. The van der Waals surface area contributed by atoms with Crippen molar-refractivity contribution in [3.63, 3.8) is 0 Å². The summed E-state index contributed by atoms with van der Waals surface area (Å²) in [4.78, 5) is 2.53. The van der Waals surface area contributed by atoms with E-state index in [9.17, 15) is 0 Å². The van der Waals surface area contributed by atoms with Crippen molar-refractivity contribution in [1.82, 2.24) is 10.2 Å². The highest BCUT2D eigenvalue weighted by atomic mass is 16.5. The molecular weight excluding hydrogens is 236 g/mol. The molecule has 0 unspecified atom stereocenters. The molecule has 0 amide bonds. The van der Waals surface area contributed by atoms with Gasteiger partial charge < -0.3 is 10.1 Å². The van der Waals surface area contributed by atoms with Gasteiger partial charge in [-0.1, -0.05) is 19.9 Å². The van der Waals surface area contributed by atoms with Gasteiger partial charge >= 0.3 is 0 Å². The first-order valence-electron chi connectivity index (χ1n) is 7.30. The van der Waals surface area contributed by atoms with Gasteiger partial charge in [0, 0.05) is 24.7 Å². The molecule has 3 heteroatoms. The molecule has 2 rings (SSSR count). The highest BCUT2D eigenvalue weighted by Gasteiger charge is 2.13. The quantitative estimate of drug-likeness (QED) is 0.853. The Morgan fingerprint density at radius 1 is 1.26 bits per heavy atom. The first kappa shape index (κ1) is 14.4. The van der Waals surface area contributed by atoms with Crippen LogP contribution in [0.15, 0.2) is 18.2 Å². The number of nitrogens with one attached hydrogen (secondary N) is 1. The summed E-state index contributed by atoms with van der Waals surface area (Å²) >= 11 is 0. The summed E-state index contributed by atoms with van der Waals surface area (Å²) < 4.78 is 5.45. The Morgan fingerprint density at radius 3 is 2.63 bits per heavy atom. The van der Waals surface area contributed by atoms with Gasteiger partial charge in [-0.15, -0.1) is 0 Å². The molecular formula is C16H26N2O. The Kier molecular flexibility index (Phi) is 5.23. The molecule has 1 aliphatic heterocycles. The summed E-state index contributed by atoms with van der Waals surface area (Å²) in [5, 5.41) is 3.46. The molecule has 1 fully saturated rings. The van der Waals surface area contributed by atoms with E-state index in [0.717, 1.165) is 18.8 Å². The Balaban J connectivity index is 2.05. The van der Waals surface area contributed by atoms with Crippen LogP contribution >= 0.6 is 0 Å². The fourth-order valence-electron chi connectivity index (χ4n) is 2.58. The van der Waals surface area contributed by atoms with E-state index in [2.05, 4.69) is 42.3 Å². The van der Waals surface area contributed by atoms with Gasteiger partial charge in [0.2, 0.25) is 0 Å². The van der Waals surface area contributed by atoms with Crippen LogP contribution in [0.4, 0.5) is 0 Å². The van der Waals surface area contributed by atoms with Crippen LogP contribution in [0, 0.1) is 0 Å². The van der Waals surface area contributed by atoms with Crippen LogP contribution < -0.4 is 10.1 Å². The average molecular weight is 262 g/mol. The smallest absolute Gasteiger partial charge is 0.123 e. The van der Waals surface area contributed by atoms with Crippen molar-refractivity contribution in [3.05, 3.63) is 29.3 Å². The van der Waals surface area contributed by atoms with E-state index < -0.39 is 0 Å². The maximum atomic E-state index is 5.45. The Hall–Kier alpha value is -1.06. The lowest BCUT2D eigenvalue weighted by molar-refractivity contribution is 0.331. The lowest BCUT2D eigenvalue weighted by Gasteiger charge is -2.17. The molecule has 106 valence electrons. The van der Waals surface area contributed by atoms with Gasteiger partial charge in [0.05, 0.1) is 7.11 Å². The molecule has 0 atom stereocenters. The van der Waals surface area contributed by atoms with E-state index in [-0.39, 0.29) is 0 Å². The van der Waals surface area contributed by atoms with Crippen molar-refractivity contribution in [2.75, 3.05) is 20.2 Å². The zero-order chi connectivity index (χ0) is 13.7. The van der Waals surface area contributed by atoms with Gasteiger partial charge in [-0.25, -0.2) is 0 Å². The molecule has 0 saturated carbocycles. The average Bonchev–Trinajstić information content (AvgIpc) is 2.89. The van der Waals surface area contributed by atoms with Crippen LogP contribution in [0.2, 0.25) is 0 Å². The third-order valence-corrected chi connectivity index (χ3v) is 3.65. The number of likely N-dealkylation sites (tertiary alicyclic amines) is 1. The molecule has 1 N–H and O–H groups in total. The number of benzene rings is 1. The molecule has 1 aliphatic rings. The summed E-state index contributed by atoms with van der Waals surface area (Å²) in [5.41, 5.74) is 2.65. The van der Waals surface area contributed by atoms with Crippen molar-refractivity contribution in [2.24, 2.45) is 0 Å². The molecule has 1 saturated heterocycles. The van der Waals surface area contributed by atoms with Crippen molar-refractivity contribution >= 4 is 0 Å². The maximum Gasteiger partial charge on any atom is 0.123 e. The molecule has 1 heterocycles. The fourth-order valence-corrected chi connectivity index (χ4v) is 2.58. The van der Waals surface area contributed by atoms with Gasteiger partial charge in [-0.05, 0) is 43.6 Å². The van der Waals surface area contributed by atoms with E-state index >= 15 is 0 Å². The van der Waals surface area contributed by atoms with E-state index in [1.54, 1.807) is 7.11 Å².